The van der Waals surface area contributed by atoms with Crippen molar-refractivity contribution in [1.29, 1.82) is 0 Å². The number of fused-ring (bicyclic) bond motifs is 4. The molecule has 44 heavy (non-hydrogen) atoms. The number of thioether (sulfide) groups is 1. The summed E-state index contributed by atoms with van der Waals surface area (Å²) in [7, 11) is -4.08. The minimum Gasteiger partial charge on any atom is -0.430 e. The minimum absolute atomic E-state index is 0.00926. The molecule has 0 spiro atoms. The van der Waals surface area contributed by atoms with Gasteiger partial charge in [-0.15, -0.1) is 0 Å². The van der Waals surface area contributed by atoms with Gasteiger partial charge in [-0.3, -0.25) is 13.3 Å². The molecular formula is C32H37N2O7S3+. The molecule has 0 aromatic heterocycles. The van der Waals surface area contributed by atoms with Crippen LogP contribution < -0.4 is 4.90 Å². The first-order valence-electron chi connectivity index (χ1n) is 15.0. The van der Waals surface area contributed by atoms with Gasteiger partial charge in [0.15, 0.2) is 12.6 Å². The maximum atomic E-state index is 11.6. The van der Waals surface area contributed by atoms with Crippen LogP contribution in [-0.4, -0.2) is 68.9 Å². The fraction of sp³-hybridized carbons (Fsp3) is 0.406. The number of hydrogen-bond donors (Lipinski definition) is 2. The monoisotopic (exact) mass is 657 g/mol. The Balaban J connectivity index is 1.32. The van der Waals surface area contributed by atoms with Gasteiger partial charge in [-0.05, 0) is 48.6 Å². The van der Waals surface area contributed by atoms with Crippen molar-refractivity contribution in [2.24, 2.45) is 0 Å². The van der Waals surface area contributed by atoms with E-state index >= 15 is 0 Å². The molecule has 2 heterocycles. The molecule has 1 saturated carbocycles. The smallest absolute Gasteiger partial charge is 0.367 e. The van der Waals surface area contributed by atoms with Gasteiger partial charge >= 0.3 is 17.2 Å². The van der Waals surface area contributed by atoms with Crippen LogP contribution in [0.3, 0.4) is 0 Å². The van der Waals surface area contributed by atoms with Gasteiger partial charge in [0, 0.05) is 29.7 Å². The molecule has 9 nitrogen and oxygen atoms in total. The molecule has 234 valence electrons. The number of unbranched alkanes of at least 4 members (excludes halogenated alkanes) is 1. The molecule has 0 amide bonds. The molecule has 6 rings (SSSR count). The van der Waals surface area contributed by atoms with Crippen LogP contribution in [0, 0.1) is 0 Å². The number of benzene rings is 3. The first-order chi connectivity index (χ1) is 21.3. The second-order valence-corrected chi connectivity index (χ2v) is 14.8. The summed E-state index contributed by atoms with van der Waals surface area (Å²) in [4.78, 5) is 3.34. The highest BCUT2D eigenvalue weighted by Crippen LogP contribution is 2.48. The first-order valence-corrected chi connectivity index (χ1v) is 18.5. The van der Waals surface area contributed by atoms with E-state index in [0.29, 0.717) is 25.4 Å². The molecule has 3 aliphatic rings. The van der Waals surface area contributed by atoms with Gasteiger partial charge in [0.05, 0.1) is 24.1 Å². The van der Waals surface area contributed by atoms with E-state index in [-0.39, 0.29) is 30.3 Å². The zero-order valence-corrected chi connectivity index (χ0v) is 26.7. The second kappa shape index (κ2) is 13.7. The molecule has 4 atom stereocenters. The lowest BCUT2D eigenvalue weighted by atomic mass is 9.81. The van der Waals surface area contributed by atoms with Gasteiger partial charge in [0.25, 0.3) is 10.1 Å². The second-order valence-electron chi connectivity index (χ2n) is 11.4. The van der Waals surface area contributed by atoms with Gasteiger partial charge in [0.2, 0.25) is 5.71 Å². The minimum atomic E-state index is -4.08. The Labute approximate surface area is 265 Å². The van der Waals surface area contributed by atoms with Crippen LogP contribution in [0.4, 0.5) is 5.69 Å². The van der Waals surface area contributed by atoms with Crippen molar-refractivity contribution in [3.63, 3.8) is 0 Å². The van der Waals surface area contributed by atoms with Crippen molar-refractivity contribution < 1.29 is 35.2 Å². The maximum Gasteiger partial charge on any atom is 0.367 e. The van der Waals surface area contributed by atoms with Gasteiger partial charge in [-0.1, -0.05) is 72.4 Å². The Kier molecular flexibility index (Phi) is 9.74. The molecule has 1 aliphatic carbocycles. The summed E-state index contributed by atoms with van der Waals surface area (Å²) >= 11 is -0.561. The molecule has 0 radical (unpaired) electrons. The summed E-state index contributed by atoms with van der Waals surface area (Å²) in [6.45, 7) is 1.34. The highest BCUT2D eigenvalue weighted by Gasteiger charge is 2.44. The summed E-state index contributed by atoms with van der Waals surface area (Å²) in [6, 6.07) is 23.0. The van der Waals surface area contributed by atoms with E-state index in [2.05, 4.69) is 64.1 Å². The predicted octanol–water partition coefficient (Wildman–Crippen LogP) is 5.95. The third-order valence-electron chi connectivity index (χ3n) is 8.50. The van der Waals surface area contributed by atoms with Crippen molar-refractivity contribution in [2.75, 3.05) is 30.3 Å². The van der Waals surface area contributed by atoms with Crippen LogP contribution in [-0.2, 0) is 30.4 Å². The normalized spacial score (nSPS) is 23.2. The fourth-order valence-electron chi connectivity index (χ4n) is 6.51. The van der Waals surface area contributed by atoms with E-state index in [4.69, 9.17) is 13.5 Å². The number of hydrogen-bond acceptors (Lipinski definition) is 7. The summed E-state index contributed by atoms with van der Waals surface area (Å²) < 4.78 is 66.3. The Hall–Kier alpha value is -2.74. The van der Waals surface area contributed by atoms with E-state index < -0.39 is 21.5 Å². The molecule has 2 N–H and O–H groups in total. The Morgan fingerprint density at radius 2 is 1.84 bits per heavy atom. The van der Waals surface area contributed by atoms with Crippen molar-refractivity contribution >= 4 is 55.4 Å². The largest absolute Gasteiger partial charge is 0.430 e. The third kappa shape index (κ3) is 7.21. The lowest BCUT2D eigenvalue weighted by molar-refractivity contribution is -0.496. The van der Waals surface area contributed by atoms with Crippen LogP contribution in [0.5, 0.6) is 0 Å². The lowest BCUT2D eigenvalue weighted by Crippen LogP contribution is -2.31. The standard InChI is InChI=1S/C32H36N2O7S3/c35-43(36)40-19-7-6-17-33-27-21-25(23-9-2-1-3-10-23)13-15-28(27)41-30(33)22-31-34(18-8-20-44(37,38)39)32-26-12-5-4-11-24(26)14-16-29(32)42-31/h1-5,9-12,14,16,22,25,28,31H,6-8,13,15,17-21H2,(H-,35,36,37,38,39)/p+1. The van der Waals surface area contributed by atoms with Crippen molar-refractivity contribution in [2.45, 2.75) is 60.8 Å². The molecule has 0 bridgehead atoms. The van der Waals surface area contributed by atoms with Gasteiger partial charge in [-0.25, -0.2) is 0 Å². The van der Waals surface area contributed by atoms with Crippen LogP contribution >= 0.6 is 11.8 Å². The van der Waals surface area contributed by atoms with Crippen molar-refractivity contribution in [3.8, 4) is 0 Å². The van der Waals surface area contributed by atoms with E-state index in [1.165, 1.54) is 11.3 Å². The fourth-order valence-corrected chi connectivity index (χ4v) is 8.53. The SMILES string of the molecule is O=S(O)OCCCC[N+]1=C2CC(c3ccccc3)CCC2OC1=CC1Sc2ccc3ccccc3c2N1CCCS(=O)(=O)O. The number of ether oxygens (including phenoxy) is 1. The number of nitrogens with zero attached hydrogens (tertiary/aromatic N) is 2. The maximum absolute atomic E-state index is 11.6. The van der Waals surface area contributed by atoms with Gasteiger partial charge in [-0.2, -0.15) is 17.2 Å². The van der Waals surface area contributed by atoms with Crippen LogP contribution in [0.1, 0.15) is 50.0 Å². The Morgan fingerprint density at radius 3 is 2.64 bits per heavy atom. The highest BCUT2D eigenvalue weighted by atomic mass is 32.2. The Morgan fingerprint density at radius 1 is 1.05 bits per heavy atom. The van der Waals surface area contributed by atoms with Crippen LogP contribution in [0.15, 0.2) is 83.6 Å². The van der Waals surface area contributed by atoms with E-state index in [1.54, 1.807) is 11.8 Å². The molecule has 12 heteroatoms. The quantitative estimate of drug-likeness (QED) is 0.106. The number of rotatable bonds is 12. The molecule has 0 saturated heterocycles. The summed E-state index contributed by atoms with van der Waals surface area (Å²) in [5.41, 5.74) is 3.65. The zero-order chi connectivity index (χ0) is 30.7. The average molecular weight is 658 g/mol. The Bertz CT molecular complexity index is 1690. The summed E-state index contributed by atoms with van der Waals surface area (Å²) in [5, 5.41) is 2.07. The predicted molar refractivity (Wildman–Crippen MR) is 174 cm³/mol. The van der Waals surface area contributed by atoms with Crippen LogP contribution in [0.2, 0.25) is 0 Å². The van der Waals surface area contributed by atoms with Crippen molar-refractivity contribution in [1.82, 2.24) is 0 Å². The van der Waals surface area contributed by atoms with E-state index in [9.17, 15) is 17.2 Å². The van der Waals surface area contributed by atoms with Crippen molar-refractivity contribution in [3.05, 3.63) is 84.3 Å². The van der Waals surface area contributed by atoms with Gasteiger partial charge in [0.1, 0.15) is 5.37 Å². The molecular weight excluding hydrogens is 621 g/mol. The van der Waals surface area contributed by atoms with E-state index in [1.807, 2.05) is 18.2 Å². The molecule has 4 unspecified atom stereocenters. The average Bonchev–Trinajstić information content (AvgIpc) is 3.53. The molecule has 1 fully saturated rings. The molecule has 2 aliphatic heterocycles. The van der Waals surface area contributed by atoms with Gasteiger partial charge < -0.3 is 9.64 Å². The molecule has 3 aromatic rings. The molecule has 3 aromatic carbocycles. The summed E-state index contributed by atoms with van der Waals surface area (Å²) in [6.07, 6.45) is 6.65. The van der Waals surface area contributed by atoms with E-state index in [0.717, 1.165) is 52.9 Å². The lowest BCUT2D eigenvalue weighted by Gasteiger charge is -2.25. The highest BCUT2D eigenvalue weighted by molar-refractivity contribution is 8.00. The summed E-state index contributed by atoms with van der Waals surface area (Å²) in [5.74, 6) is 0.892. The first kappa shape index (κ1) is 31.3. The topological polar surface area (TPSA) is 116 Å². The van der Waals surface area contributed by atoms with Crippen LogP contribution in [0.25, 0.3) is 10.8 Å². The number of anilines is 1. The zero-order valence-electron chi connectivity index (χ0n) is 24.3. The third-order valence-corrected chi connectivity index (χ3v) is 10.9.